The molecule has 0 radical (unpaired) electrons. The second kappa shape index (κ2) is 20.5. The van der Waals surface area contributed by atoms with Gasteiger partial charge in [0.15, 0.2) is 0 Å². The van der Waals surface area contributed by atoms with E-state index in [0.29, 0.717) is 24.6 Å². The Kier molecular flexibility index (Phi) is 15.1. The Balaban J connectivity index is 0.862. The summed E-state index contributed by atoms with van der Waals surface area (Å²) in [6.45, 7) is 10.4. The van der Waals surface area contributed by atoms with E-state index in [2.05, 4.69) is 68.2 Å². The van der Waals surface area contributed by atoms with E-state index in [0.717, 1.165) is 65.4 Å². The fourth-order valence-electron chi connectivity index (χ4n) is 6.77. The second-order valence-electron chi connectivity index (χ2n) is 14.2. The van der Waals surface area contributed by atoms with Crippen LogP contribution in [0.1, 0.15) is 11.1 Å². The SMILES string of the molecule is O=S(=O)(c1ccc(OC[C@H](O)CN2CCN(C/C=C\c3ccccc3)CC2)cc1)c1ccc(OC[C@H](O)CN2CCN(C/C=C\c3ccccc3)CC2)cc1. The van der Waals surface area contributed by atoms with E-state index in [4.69, 9.17) is 9.47 Å². The average Bonchev–Trinajstić information content (AvgIpc) is 3.22. The van der Waals surface area contributed by atoms with Crippen molar-refractivity contribution in [3.8, 4) is 11.5 Å². The van der Waals surface area contributed by atoms with E-state index in [-0.39, 0.29) is 23.0 Å². The molecule has 2 N–H and O–H groups in total. The van der Waals surface area contributed by atoms with Crippen molar-refractivity contribution in [3.05, 3.63) is 132 Å². The number of hydrogen-bond donors (Lipinski definition) is 2. The molecule has 2 saturated heterocycles. The smallest absolute Gasteiger partial charge is 0.206 e. The number of benzene rings is 4. The van der Waals surface area contributed by atoms with Crippen molar-refractivity contribution in [3.63, 3.8) is 0 Å². The minimum absolute atomic E-state index is 0.117. The predicted octanol–water partition coefficient (Wildman–Crippen LogP) is 4.66. The summed E-state index contributed by atoms with van der Waals surface area (Å²) in [7, 11) is -3.76. The van der Waals surface area contributed by atoms with Gasteiger partial charge in [-0.15, -0.1) is 0 Å². The van der Waals surface area contributed by atoms with Gasteiger partial charge in [-0.05, 0) is 59.7 Å². The highest BCUT2D eigenvalue weighted by molar-refractivity contribution is 7.91. The van der Waals surface area contributed by atoms with Crippen LogP contribution in [0.5, 0.6) is 11.5 Å². The van der Waals surface area contributed by atoms with Gasteiger partial charge in [0, 0.05) is 78.5 Å². The largest absolute Gasteiger partial charge is 0.491 e. The molecule has 0 unspecified atom stereocenters. The first-order valence-electron chi connectivity index (χ1n) is 19.2. The van der Waals surface area contributed by atoms with Gasteiger partial charge in [0.25, 0.3) is 0 Å². The van der Waals surface area contributed by atoms with Gasteiger partial charge >= 0.3 is 0 Å². The molecule has 0 bridgehead atoms. The van der Waals surface area contributed by atoms with Crippen LogP contribution in [0.25, 0.3) is 12.2 Å². The Labute approximate surface area is 326 Å². The lowest BCUT2D eigenvalue weighted by atomic mass is 10.2. The topological polar surface area (TPSA) is 106 Å². The molecule has 0 aliphatic carbocycles. The van der Waals surface area contributed by atoms with E-state index < -0.39 is 22.0 Å². The number of piperazine rings is 2. The van der Waals surface area contributed by atoms with Crippen LogP contribution in [0.3, 0.4) is 0 Å². The third kappa shape index (κ3) is 12.9. The lowest BCUT2D eigenvalue weighted by Gasteiger charge is -2.35. The van der Waals surface area contributed by atoms with Gasteiger partial charge in [-0.2, -0.15) is 0 Å². The lowest BCUT2D eigenvalue weighted by Crippen LogP contribution is -2.49. The Bertz CT molecular complexity index is 1740. The maximum atomic E-state index is 13.3. The van der Waals surface area contributed by atoms with Crippen molar-refractivity contribution in [1.82, 2.24) is 19.6 Å². The number of β-amino-alcohol motifs (C(OH)–C–C–N with tert-alkyl or cyclic N) is 2. The summed E-state index contributed by atoms with van der Waals surface area (Å²) in [6.07, 6.45) is 7.36. The van der Waals surface area contributed by atoms with E-state index in [1.807, 2.05) is 36.4 Å². The molecule has 2 atom stereocenters. The summed E-state index contributed by atoms with van der Waals surface area (Å²) in [6, 6.07) is 33.1. The van der Waals surface area contributed by atoms with Crippen LogP contribution in [-0.2, 0) is 9.84 Å². The maximum Gasteiger partial charge on any atom is 0.206 e. The van der Waals surface area contributed by atoms with Gasteiger partial charge in [-0.3, -0.25) is 19.6 Å². The van der Waals surface area contributed by atoms with Crippen LogP contribution >= 0.6 is 0 Å². The highest BCUT2D eigenvalue weighted by atomic mass is 32.2. The molecule has 2 aliphatic rings. The number of ether oxygens (including phenoxy) is 2. The minimum atomic E-state index is -3.76. The summed E-state index contributed by atoms with van der Waals surface area (Å²) in [5.41, 5.74) is 2.40. The molecule has 292 valence electrons. The van der Waals surface area contributed by atoms with Crippen LogP contribution in [0.15, 0.2) is 131 Å². The summed E-state index contributed by atoms with van der Waals surface area (Å²) in [4.78, 5) is 9.59. The third-order valence-corrected chi connectivity index (χ3v) is 11.8. The molecule has 2 heterocycles. The maximum absolute atomic E-state index is 13.3. The average molecular weight is 767 g/mol. The molecular weight excluding hydrogens is 713 g/mol. The molecule has 55 heavy (non-hydrogen) atoms. The zero-order valence-electron chi connectivity index (χ0n) is 31.5. The molecule has 4 aromatic carbocycles. The van der Waals surface area contributed by atoms with Gasteiger partial charge in [0.2, 0.25) is 9.84 Å². The van der Waals surface area contributed by atoms with Gasteiger partial charge in [-0.25, -0.2) is 8.42 Å². The normalized spacial score (nSPS) is 17.8. The van der Waals surface area contributed by atoms with Crippen molar-refractivity contribution >= 4 is 22.0 Å². The molecule has 6 rings (SSSR count). The first kappa shape index (κ1) is 40.3. The number of sulfone groups is 1. The molecule has 10 nitrogen and oxygen atoms in total. The van der Waals surface area contributed by atoms with E-state index in [1.165, 1.54) is 35.4 Å². The van der Waals surface area contributed by atoms with Crippen molar-refractivity contribution < 1.29 is 28.1 Å². The molecule has 4 aromatic rings. The van der Waals surface area contributed by atoms with E-state index in [1.54, 1.807) is 24.3 Å². The zero-order chi connectivity index (χ0) is 38.3. The lowest BCUT2D eigenvalue weighted by molar-refractivity contribution is 0.0481. The van der Waals surface area contributed by atoms with Crippen LogP contribution in [-0.4, -0.2) is 142 Å². The first-order valence-corrected chi connectivity index (χ1v) is 20.7. The van der Waals surface area contributed by atoms with Gasteiger partial charge in [0.05, 0.1) is 9.79 Å². The summed E-state index contributed by atoms with van der Waals surface area (Å²) < 4.78 is 38.3. The Morgan fingerprint density at radius 3 is 1.22 bits per heavy atom. The van der Waals surface area contributed by atoms with E-state index in [9.17, 15) is 18.6 Å². The van der Waals surface area contributed by atoms with Gasteiger partial charge < -0.3 is 19.7 Å². The molecule has 0 amide bonds. The van der Waals surface area contributed by atoms with Crippen LogP contribution in [0.2, 0.25) is 0 Å². The molecule has 0 saturated carbocycles. The highest BCUT2D eigenvalue weighted by Gasteiger charge is 2.22. The van der Waals surface area contributed by atoms with Crippen LogP contribution in [0.4, 0.5) is 0 Å². The quantitative estimate of drug-likeness (QED) is 0.149. The number of aliphatic hydroxyl groups excluding tert-OH is 2. The molecule has 0 spiro atoms. The van der Waals surface area contributed by atoms with Crippen molar-refractivity contribution in [1.29, 1.82) is 0 Å². The van der Waals surface area contributed by atoms with Crippen molar-refractivity contribution in [2.45, 2.75) is 22.0 Å². The number of nitrogens with zero attached hydrogens (tertiary/aromatic N) is 4. The number of aliphatic hydroxyl groups is 2. The number of rotatable bonds is 18. The molecule has 11 heteroatoms. The fourth-order valence-corrected chi connectivity index (χ4v) is 8.03. The third-order valence-electron chi connectivity index (χ3n) is 9.97. The monoisotopic (exact) mass is 766 g/mol. The predicted molar refractivity (Wildman–Crippen MR) is 218 cm³/mol. The number of hydrogen-bond acceptors (Lipinski definition) is 10. The zero-order valence-corrected chi connectivity index (χ0v) is 32.3. The Morgan fingerprint density at radius 1 is 0.509 bits per heavy atom. The minimum Gasteiger partial charge on any atom is -0.491 e. The molecule has 2 fully saturated rings. The van der Waals surface area contributed by atoms with Crippen LogP contribution < -0.4 is 9.47 Å². The Morgan fingerprint density at radius 2 is 0.855 bits per heavy atom. The van der Waals surface area contributed by atoms with E-state index >= 15 is 0 Å². The van der Waals surface area contributed by atoms with Gasteiger partial charge in [-0.1, -0.05) is 85.0 Å². The summed E-state index contributed by atoms with van der Waals surface area (Å²) in [5.74, 6) is 0.987. The summed E-state index contributed by atoms with van der Waals surface area (Å²) in [5, 5.41) is 21.3. The summed E-state index contributed by atoms with van der Waals surface area (Å²) >= 11 is 0. The van der Waals surface area contributed by atoms with Crippen molar-refractivity contribution in [2.75, 3.05) is 91.8 Å². The van der Waals surface area contributed by atoms with Gasteiger partial charge in [0.1, 0.15) is 36.9 Å². The second-order valence-corrected chi connectivity index (χ2v) is 16.2. The fraction of sp³-hybridized carbons (Fsp3) is 0.364. The Hall–Kier alpha value is -4.33. The first-order chi connectivity index (χ1) is 26.8. The van der Waals surface area contributed by atoms with Crippen LogP contribution in [0, 0.1) is 0 Å². The van der Waals surface area contributed by atoms with Crippen molar-refractivity contribution in [2.24, 2.45) is 0 Å². The highest BCUT2D eigenvalue weighted by Crippen LogP contribution is 2.25. The molecule has 2 aliphatic heterocycles. The standard InChI is InChI=1S/C44H54N4O6S/c49-39(33-47-29-25-45(26-30-47)23-7-13-37-9-3-1-4-10-37)35-53-41-15-19-43(20-16-41)55(51,52)44-21-17-42(18-22-44)54-36-40(50)34-48-31-27-46(28-32-48)24-8-14-38-11-5-2-6-12-38/h1-22,39-40,49-50H,23-36H2/b13-7-,14-8-/t39-,40-/m1/s1. The molecular formula is C44H54N4O6S. The molecule has 0 aromatic heterocycles.